The third-order valence-corrected chi connectivity index (χ3v) is 3.97. The van der Waals surface area contributed by atoms with Gasteiger partial charge in [-0.25, -0.2) is 4.98 Å². The molecule has 2 aromatic carbocycles. The lowest BCUT2D eigenvalue weighted by molar-refractivity contribution is 0.480. The molecule has 0 amide bonds. The van der Waals surface area contributed by atoms with Crippen LogP contribution in [0.25, 0.3) is 23.1 Å². The lowest BCUT2D eigenvalue weighted by atomic mass is 10.1. The summed E-state index contributed by atoms with van der Waals surface area (Å²) in [5, 5.41) is 11.8. The van der Waals surface area contributed by atoms with Gasteiger partial charge in [0.2, 0.25) is 0 Å². The molecule has 0 radical (unpaired) electrons. The first kappa shape index (κ1) is 13.9. The molecule has 0 unspecified atom stereocenters. The Balaban J connectivity index is 2.00. The number of phenols is 1. The Morgan fingerprint density at radius 3 is 2.57 bits per heavy atom. The van der Waals surface area contributed by atoms with Gasteiger partial charge in [0.1, 0.15) is 11.3 Å². The summed E-state index contributed by atoms with van der Waals surface area (Å²) in [6.45, 7) is 0. The van der Waals surface area contributed by atoms with Crippen molar-refractivity contribution in [2.75, 3.05) is 0 Å². The fourth-order valence-electron chi connectivity index (χ4n) is 2.06. The van der Waals surface area contributed by atoms with Gasteiger partial charge in [0.15, 0.2) is 0 Å². The molecule has 0 atom stereocenters. The molecule has 104 valence electrons. The van der Waals surface area contributed by atoms with Crippen molar-refractivity contribution >= 4 is 46.3 Å². The third-order valence-electron chi connectivity index (χ3n) is 3.14. The van der Waals surface area contributed by atoms with Crippen LogP contribution >= 0.6 is 23.2 Å². The first-order chi connectivity index (χ1) is 10.1. The van der Waals surface area contributed by atoms with E-state index >= 15 is 0 Å². The van der Waals surface area contributed by atoms with Crippen LogP contribution in [-0.4, -0.2) is 10.1 Å². The molecule has 0 aliphatic rings. The van der Waals surface area contributed by atoms with Crippen molar-refractivity contribution in [2.45, 2.75) is 0 Å². The number of para-hydroxylation sites is 1. The number of hydrogen-bond acceptors (Lipinski definition) is 2. The van der Waals surface area contributed by atoms with Gasteiger partial charge >= 0.3 is 0 Å². The van der Waals surface area contributed by atoms with Crippen LogP contribution in [0.3, 0.4) is 0 Å². The second-order valence-corrected chi connectivity index (χ2v) is 5.35. The van der Waals surface area contributed by atoms with E-state index in [4.69, 9.17) is 23.2 Å². The van der Waals surface area contributed by atoms with Crippen molar-refractivity contribution < 1.29 is 5.11 Å². The van der Waals surface area contributed by atoms with E-state index in [1.807, 2.05) is 42.5 Å². The zero-order chi connectivity index (χ0) is 14.8. The number of halogens is 2. The third kappa shape index (κ3) is 2.87. The van der Waals surface area contributed by atoms with Crippen molar-refractivity contribution in [1.82, 2.24) is 4.98 Å². The maximum atomic E-state index is 9.84. The summed E-state index contributed by atoms with van der Waals surface area (Å²) >= 11 is 12.1. The van der Waals surface area contributed by atoms with Crippen LogP contribution in [0, 0.1) is 0 Å². The maximum Gasteiger partial charge on any atom is 0.141 e. The predicted molar refractivity (Wildman–Crippen MR) is 88.8 cm³/mol. The van der Waals surface area contributed by atoms with Crippen molar-refractivity contribution in [2.24, 2.45) is 0 Å². The average Bonchev–Trinajstić information content (AvgIpc) is 2.49. The van der Waals surface area contributed by atoms with Crippen molar-refractivity contribution in [3.63, 3.8) is 0 Å². The zero-order valence-electron chi connectivity index (χ0n) is 10.9. The molecule has 1 N–H and O–H groups in total. The minimum absolute atomic E-state index is 0.170. The molecule has 0 bridgehead atoms. The van der Waals surface area contributed by atoms with E-state index in [2.05, 4.69) is 4.98 Å². The first-order valence-corrected chi connectivity index (χ1v) is 7.11. The van der Waals surface area contributed by atoms with Gasteiger partial charge in [0, 0.05) is 5.39 Å². The Kier molecular flexibility index (Phi) is 3.82. The van der Waals surface area contributed by atoms with E-state index in [0.717, 1.165) is 16.6 Å². The van der Waals surface area contributed by atoms with Crippen LogP contribution in [0.1, 0.15) is 11.3 Å². The molecule has 21 heavy (non-hydrogen) atoms. The number of hydrogen-bond donors (Lipinski definition) is 1. The van der Waals surface area contributed by atoms with Gasteiger partial charge in [0.25, 0.3) is 0 Å². The van der Waals surface area contributed by atoms with Crippen LogP contribution in [-0.2, 0) is 0 Å². The van der Waals surface area contributed by atoms with Crippen LogP contribution < -0.4 is 0 Å². The Hall–Kier alpha value is -2.03. The monoisotopic (exact) mass is 315 g/mol. The molecule has 0 saturated heterocycles. The summed E-state index contributed by atoms with van der Waals surface area (Å²) in [5.41, 5.74) is 2.14. The molecule has 4 heteroatoms. The highest BCUT2D eigenvalue weighted by Gasteiger charge is 2.03. The minimum Gasteiger partial charge on any atom is -0.506 e. The van der Waals surface area contributed by atoms with E-state index in [1.165, 1.54) is 0 Å². The molecule has 1 aromatic heterocycles. The first-order valence-electron chi connectivity index (χ1n) is 6.36. The topological polar surface area (TPSA) is 33.1 Å². The number of phenolic OH excluding ortho intramolecular Hbond substituents is 1. The summed E-state index contributed by atoms with van der Waals surface area (Å²) in [7, 11) is 0. The summed E-state index contributed by atoms with van der Waals surface area (Å²) in [5.74, 6) is 0.170. The van der Waals surface area contributed by atoms with Gasteiger partial charge in [-0.2, -0.15) is 0 Å². The van der Waals surface area contributed by atoms with Crippen molar-refractivity contribution in [3.8, 4) is 5.75 Å². The van der Waals surface area contributed by atoms with Gasteiger partial charge in [-0.05, 0) is 29.8 Å². The van der Waals surface area contributed by atoms with Crippen molar-refractivity contribution in [1.29, 1.82) is 0 Å². The zero-order valence-corrected chi connectivity index (χ0v) is 12.4. The molecule has 0 fully saturated rings. The highest BCUT2D eigenvalue weighted by Crippen LogP contribution is 2.27. The second-order valence-electron chi connectivity index (χ2n) is 4.56. The molecule has 1 heterocycles. The molecule has 0 aliphatic carbocycles. The number of aromatic nitrogens is 1. The number of rotatable bonds is 2. The largest absolute Gasteiger partial charge is 0.506 e. The standard InChI is InChI=1S/C17H11Cl2NO/c18-14-5-1-3-11(16(14)19)7-9-13-10-8-12-4-2-6-15(21)17(12)20-13/h1-10,21H/b9-7+. The lowest BCUT2D eigenvalue weighted by Gasteiger charge is -2.02. The molecular weight excluding hydrogens is 305 g/mol. The normalized spacial score (nSPS) is 11.3. The van der Waals surface area contributed by atoms with E-state index in [-0.39, 0.29) is 5.75 Å². The number of aromatic hydroxyl groups is 1. The molecule has 2 nitrogen and oxygen atoms in total. The Morgan fingerprint density at radius 1 is 0.905 bits per heavy atom. The fourth-order valence-corrected chi connectivity index (χ4v) is 2.43. The van der Waals surface area contributed by atoms with E-state index in [0.29, 0.717) is 15.6 Å². The molecule has 3 rings (SSSR count). The highest BCUT2D eigenvalue weighted by molar-refractivity contribution is 6.42. The lowest BCUT2D eigenvalue weighted by Crippen LogP contribution is -1.84. The molecule has 3 aromatic rings. The number of fused-ring (bicyclic) bond motifs is 1. The summed E-state index contributed by atoms with van der Waals surface area (Å²) < 4.78 is 0. The van der Waals surface area contributed by atoms with E-state index in [1.54, 1.807) is 18.2 Å². The maximum absolute atomic E-state index is 9.84. The SMILES string of the molecule is Oc1cccc2ccc(/C=C/c3cccc(Cl)c3Cl)nc12. The highest BCUT2D eigenvalue weighted by atomic mass is 35.5. The Labute approximate surface area is 132 Å². The van der Waals surface area contributed by atoms with Gasteiger partial charge in [-0.15, -0.1) is 0 Å². The van der Waals surface area contributed by atoms with Crippen molar-refractivity contribution in [3.05, 3.63) is 69.8 Å². The number of pyridine rings is 1. The van der Waals surface area contributed by atoms with Gasteiger partial charge in [-0.1, -0.05) is 59.6 Å². The smallest absolute Gasteiger partial charge is 0.141 e. The molecule has 0 saturated carbocycles. The summed E-state index contributed by atoms with van der Waals surface area (Å²) in [6, 6.07) is 14.6. The quantitative estimate of drug-likeness (QED) is 0.685. The Bertz CT molecular complexity index is 843. The molecule has 0 aliphatic heterocycles. The summed E-state index contributed by atoms with van der Waals surface area (Å²) in [6.07, 6.45) is 3.69. The van der Waals surface area contributed by atoms with Crippen LogP contribution in [0.5, 0.6) is 5.75 Å². The minimum atomic E-state index is 0.170. The fraction of sp³-hybridized carbons (Fsp3) is 0. The molecular formula is C17H11Cl2NO. The summed E-state index contributed by atoms with van der Waals surface area (Å²) in [4.78, 5) is 4.43. The van der Waals surface area contributed by atoms with E-state index < -0.39 is 0 Å². The number of benzene rings is 2. The van der Waals surface area contributed by atoms with Gasteiger partial charge in [-0.3, -0.25) is 0 Å². The van der Waals surface area contributed by atoms with E-state index in [9.17, 15) is 5.11 Å². The van der Waals surface area contributed by atoms with Crippen LogP contribution in [0.2, 0.25) is 10.0 Å². The van der Waals surface area contributed by atoms with Gasteiger partial charge < -0.3 is 5.11 Å². The predicted octanol–water partition coefficient (Wildman–Crippen LogP) is 5.42. The second kappa shape index (κ2) is 5.76. The number of nitrogens with zero attached hydrogens (tertiary/aromatic N) is 1. The van der Waals surface area contributed by atoms with Crippen LogP contribution in [0.15, 0.2) is 48.5 Å². The van der Waals surface area contributed by atoms with Gasteiger partial charge in [0.05, 0.1) is 15.7 Å². The van der Waals surface area contributed by atoms with Crippen LogP contribution in [0.4, 0.5) is 0 Å². The molecule has 0 spiro atoms. The Morgan fingerprint density at radius 2 is 1.71 bits per heavy atom. The average molecular weight is 316 g/mol.